The van der Waals surface area contributed by atoms with Crippen molar-refractivity contribution in [3.05, 3.63) is 34.1 Å². The summed E-state index contributed by atoms with van der Waals surface area (Å²) in [6.07, 6.45) is -4.72. The number of halogens is 4. The maximum absolute atomic E-state index is 14.3. The molecule has 1 aromatic carbocycles. The zero-order chi connectivity index (χ0) is 19.4. The van der Waals surface area contributed by atoms with Gasteiger partial charge in [-0.05, 0) is 39.0 Å². The number of nitrogens with zero attached hydrogens (tertiary/aromatic N) is 1. The van der Waals surface area contributed by atoms with Gasteiger partial charge in [0.1, 0.15) is 17.1 Å². The molecule has 0 amide bonds. The fraction of sp³-hybridized carbons (Fsp3) is 0.500. The van der Waals surface area contributed by atoms with Crippen LogP contribution in [-0.2, 0) is 21.3 Å². The third-order valence-corrected chi connectivity index (χ3v) is 5.52. The van der Waals surface area contributed by atoms with Gasteiger partial charge in [-0.15, -0.1) is 0 Å². The van der Waals surface area contributed by atoms with Gasteiger partial charge in [-0.2, -0.15) is 5.26 Å². The molecule has 0 aromatic heterocycles. The highest BCUT2D eigenvalue weighted by Gasteiger charge is 2.47. The van der Waals surface area contributed by atoms with Crippen LogP contribution in [0.2, 0.25) is 0 Å². The molecule has 1 aromatic rings. The van der Waals surface area contributed by atoms with Gasteiger partial charge in [0.25, 0.3) is 6.43 Å². The second-order valence-electron chi connectivity index (χ2n) is 6.43. The van der Waals surface area contributed by atoms with Gasteiger partial charge in [-0.1, -0.05) is 15.9 Å². The van der Waals surface area contributed by atoms with Crippen molar-refractivity contribution in [2.45, 2.75) is 50.3 Å². The molecule has 0 aliphatic carbocycles. The van der Waals surface area contributed by atoms with E-state index in [-0.39, 0.29) is 0 Å². The first kappa shape index (κ1) is 21.8. The summed E-state index contributed by atoms with van der Waals surface area (Å²) in [5, 5.41) is 8.63. The standard InChI is InChI=1S/C16H18BrF3N2O2S/c1-15(2,3)25(24)22-16(14(19)20,9-11(23)6-7-21)12-8-10(17)4-5-13(12)18/h4-5,8,14,22H,6,9H2,1-3H3. The summed E-state index contributed by atoms with van der Waals surface area (Å²) in [4.78, 5) is 11.9. The van der Waals surface area contributed by atoms with E-state index >= 15 is 0 Å². The summed E-state index contributed by atoms with van der Waals surface area (Å²) >= 11 is 3.09. The van der Waals surface area contributed by atoms with Crippen LogP contribution in [0.5, 0.6) is 0 Å². The summed E-state index contributed by atoms with van der Waals surface area (Å²) in [7, 11) is -2.01. The predicted octanol–water partition coefficient (Wildman–Crippen LogP) is 3.97. The summed E-state index contributed by atoms with van der Waals surface area (Å²) in [6.45, 7) is 4.67. The summed E-state index contributed by atoms with van der Waals surface area (Å²) < 4.78 is 56.6. The van der Waals surface area contributed by atoms with Crippen molar-refractivity contribution < 1.29 is 22.2 Å². The molecule has 0 saturated carbocycles. The Hall–Kier alpha value is -1.24. The lowest BCUT2D eigenvalue weighted by molar-refractivity contribution is -0.121. The molecule has 0 saturated heterocycles. The van der Waals surface area contributed by atoms with Crippen LogP contribution < -0.4 is 4.72 Å². The Morgan fingerprint density at radius 2 is 2.00 bits per heavy atom. The topological polar surface area (TPSA) is 70.0 Å². The molecular weight excluding hydrogens is 421 g/mol. The van der Waals surface area contributed by atoms with Crippen LogP contribution in [0.4, 0.5) is 13.2 Å². The second-order valence-corrected chi connectivity index (χ2v) is 9.31. The van der Waals surface area contributed by atoms with E-state index in [1.165, 1.54) is 6.07 Å². The molecule has 1 rings (SSSR count). The van der Waals surface area contributed by atoms with E-state index in [4.69, 9.17) is 5.26 Å². The predicted molar refractivity (Wildman–Crippen MR) is 92.7 cm³/mol. The quantitative estimate of drug-likeness (QED) is 0.699. The summed E-state index contributed by atoms with van der Waals surface area (Å²) in [5.74, 6) is -1.77. The molecule has 0 heterocycles. The van der Waals surface area contributed by atoms with Crippen molar-refractivity contribution in [2.75, 3.05) is 0 Å². The van der Waals surface area contributed by atoms with Crippen LogP contribution in [0.25, 0.3) is 0 Å². The Labute approximate surface area is 155 Å². The number of carbonyl (C=O) groups is 1. The molecule has 0 aliphatic rings. The highest BCUT2D eigenvalue weighted by Crippen LogP contribution is 2.37. The molecule has 0 spiro atoms. The highest BCUT2D eigenvalue weighted by atomic mass is 79.9. The van der Waals surface area contributed by atoms with Crippen molar-refractivity contribution in [2.24, 2.45) is 0 Å². The van der Waals surface area contributed by atoms with E-state index in [9.17, 15) is 22.2 Å². The van der Waals surface area contributed by atoms with Gasteiger partial charge in [0, 0.05) is 16.5 Å². The lowest BCUT2D eigenvalue weighted by Gasteiger charge is -2.36. The minimum atomic E-state index is -3.25. The van der Waals surface area contributed by atoms with E-state index in [0.29, 0.717) is 4.47 Å². The van der Waals surface area contributed by atoms with Gasteiger partial charge in [0.05, 0.1) is 28.2 Å². The van der Waals surface area contributed by atoms with Gasteiger partial charge in [-0.25, -0.2) is 22.1 Å². The number of hydrogen-bond donors (Lipinski definition) is 1. The van der Waals surface area contributed by atoms with Gasteiger partial charge >= 0.3 is 0 Å². The Balaban J connectivity index is 3.56. The van der Waals surface area contributed by atoms with Gasteiger partial charge < -0.3 is 0 Å². The molecule has 0 bridgehead atoms. The SMILES string of the molecule is CC(C)(C)S(=O)NC(CC(=O)CC#N)(c1cc(Br)ccc1F)C(F)F. The third kappa shape index (κ3) is 5.36. The largest absolute Gasteiger partial charge is 0.298 e. The van der Waals surface area contributed by atoms with Crippen molar-refractivity contribution in [1.29, 1.82) is 5.26 Å². The van der Waals surface area contributed by atoms with Crippen LogP contribution in [0.1, 0.15) is 39.2 Å². The van der Waals surface area contributed by atoms with E-state index in [1.54, 1.807) is 26.8 Å². The van der Waals surface area contributed by atoms with Gasteiger partial charge in [-0.3, -0.25) is 4.79 Å². The molecule has 9 heteroatoms. The molecule has 0 fully saturated rings. The van der Waals surface area contributed by atoms with E-state index in [0.717, 1.165) is 12.1 Å². The number of rotatable bonds is 7. The van der Waals surface area contributed by atoms with Crippen LogP contribution >= 0.6 is 15.9 Å². The summed E-state index contributed by atoms with van der Waals surface area (Å²) in [6, 6.07) is 5.01. The summed E-state index contributed by atoms with van der Waals surface area (Å²) in [5.41, 5.74) is -3.00. The van der Waals surface area contributed by atoms with E-state index in [2.05, 4.69) is 20.7 Å². The van der Waals surface area contributed by atoms with Crippen molar-refractivity contribution in [1.82, 2.24) is 4.72 Å². The number of alkyl halides is 2. The van der Waals surface area contributed by atoms with E-state index < -0.39 is 57.7 Å². The fourth-order valence-corrected chi connectivity index (χ4v) is 3.31. The van der Waals surface area contributed by atoms with Crippen LogP contribution in [0.3, 0.4) is 0 Å². The number of nitriles is 1. The Morgan fingerprint density at radius 3 is 2.48 bits per heavy atom. The molecule has 138 valence electrons. The molecule has 4 nitrogen and oxygen atoms in total. The average Bonchev–Trinajstić information content (AvgIpc) is 2.47. The highest BCUT2D eigenvalue weighted by molar-refractivity contribution is 9.10. The zero-order valence-corrected chi connectivity index (χ0v) is 16.3. The first-order valence-corrected chi connectivity index (χ1v) is 9.20. The number of carbonyl (C=O) groups excluding carboxylic acids is 1. The van der Waals surface area contributed by atoms with Gasteiger partial charge in [0.15, 0.2) is 0 Å². The van der Waals surface area contributed by atoms with Crippen LogP contribution in [0.15, 0.2) is 22.7 Å². The maximum atomic E-state index is 14.3. The molecule has 2 atom stereocenters. The Kier molecular flexibility index (Phi) is 7.35. The molecular formula is C16H18BrF3N2O2S. The second kappa shape index (κ2) is 8.43. The molecule has 1 N–H and O–H groups in total. The Bertz CT molecular complexity index is 716. The third-order valence-electron chi connectivity index (χ3n) is 3.36. The molecule has 0 aliphatic heterocycles. The van der Waals surface area contributed by atoms with E-state index in [1.807, 2.05) is 0 Å². The van der Waals surface area contributed by atoms with Gasteiger partial charge in [0.2, 0.25) is 0 Å². The maximum Gasteiger partial charge on any atom is 0.262 e. The lowest BCUT2D eigenvalue weighted by atomic mass is 9.85. The number of nitrogens with one attached hydrogen (secondary N) is 1. The minimum absolute atomic E-state index is 0.324. The van der Waals surface area contributed by atoms with Crippen molar-refractivity contribution in [3.8, 4) is 6.07 Å². The lowest BCUT2D eigenvalue weighted by Crippen LogP contribution is -2.54. The van der Waals surface area contributed by atoms with Crippen molar-refractivity contribution in [3.63, 3.8) is 0 Å². The molecule has 25 heavy (non-hydrogen) atoms. The monoisotopic (exact) mass is 438 g/mol. The Morgan fingerprint density at radius 1 is 1.40 bits per heavy atom. The zero-order valence-electron chi connectivity index (χ0n) is 13.9. The molecule has 2 unspecified atom stereocenters. The van der Waals surface area contributed by atoms with Crippen LogP contribution in [0, 0.1) is 17.1 Å². The smallest absolute Gasteiger partial charge is 0.262 e. The average molecular weight is 439 g/mol. The van der Waals surface area contributed by atoms with Crippen molar-refractivity contribution >= 4 is 32.7 Å². The number of hydrogen-bond acceptors (Lipinski definition) is 3. The number of benzene rings is 1. The fourth-order valence-electron chi connectivity index (χ4n) is 2.05. The first-order chi connectivity index (χ1) is 11.4. The first-order valence-electron chi connectivity index (χ1n) is 7.26. The minimum Gasteiger partial charge on any atom is -0.298 e. The number of Topliss-reactive ketones (excluding diaryl/α,β-unsaturated/α-hetero) is 1. The van der Waals surface area contributed by atoms with Crippen LogP contribution in [-0.4, -0.2) is 21.2 Å². The normalized spacial score (nSPS) is 15.5. The molecule has 0 radical (unpaired) electrons. The number of ketones is 1.